The van der Waals surface area contributed by atoms with Crippen LogP contribution in [0.2, 0.25) is 0 Å². The molecule has 6 heteroatoms. The Labute approximate surface area is 127 Å². The fourth-order valence-electron chi connectivity index (χ4n) is 1.88. The van der Waals surface area contributed by atoms with E-state index >= 15 is 0 Å². The maximum Gasteiger partial charge on any atom is 0.339 e. The van der Waals surface area contributed by atoms with E-state index in [9.17, 15) is 15.0 Å². The van der Waals surface area contributed by atoms with Crippen LogP contribution in [0, 0.1) is 0 Å². The van der Waals surface area contributed by atoms with Gasteiger partial charge in [0.15, 0.2) is 11.5 Å². The van der Waals surface area contributed by atoms with Crippen LogP contribution in [0.4, 0.5) is 0 Å². The number of benzene rings is 2. The van der Waals surface area contributed by atoms with Crippen molar-refractivity contribution >= 4 is 5.97 Å². The molecule has 22 heavy (non-hydrogen) atoms. The standard InChI is InChI=1S/C16H16O6/c17-12-8-13(16(19)20)15(14(18)9-12)22-7-6-21-10-11-4-2-1-3-5-11/h1-5,8-9,17-18H,6-7,10H2,(H,19,20). The minimum atomic E-state index is -1.30. The lowest BCUT2D eigenvalue weighted by atomic mass is 10.1. The van der Waals surface area contributed by atoms with Gasteiger partial charge in [-0.25, -0.2) is 4.79 Å². The molecule has 116 valence electrons. The molecule has 0 amide bonds. The van der Waals surface area contributed by atoms with Crippen LogP contribution in [0.1, 0.15) is 15.9 Å². The quantitative estimate of drug-likeness (QED) is 0.680. The van der Waals surface area contributed by atoms with E-state index in [0.29, 0.717) is 6.61 Å². The maximum atomic E-state index is 11.1. The van der Waals surface area contributed by atoms with Crippen molar-refractivity contribution in [3.8, 4) is 17.2 Å². The Balaban J connectivity index is 1.88. The summed E-state index contributed by atoms with van der Waals surface area (Å²) in [7, 11) is 0. The fourth-order valence-corrected chi connectivity index (χ4v) is 1.88. The topological polar surface area (TPSA) is 96.2 Å². The van der Waals surface area contributed by atoms with Gasteiger partial charge < -0.3 is 24.8 Å². The molecule has 0 fully saturated rings. The van der Waals surface area contributed by atoms with Gasteiger partial charge in [0.05, 0.1) is 13.2 Å². The SMILES string of the molecule is O=C(O)c1cc(O)cc(O)c1OCCOCc1ccccc1. The number of hydrogen-bond donors (Lipinski definition) is 3. The number of phenolic OH excluding ortho intramolecular Hbond substituents is 2. The van der Waals surface area contributed by atoms with E-state index in [1.165, 1.54) is 0 Å². The van der Waals surface area contributed by atoms with E-state index in [0.717, 1.165) is 17.7 Å². The zero-order valence-electron chi connectivity index (χ0n) is 11.7. The molecule has 0 radical (unpaired) electrons. The van der Waals surface area contributed by atoms with Crippen molar-refractivity contribution in [2.45, 2.75) is 6.61 Å². The summed E-state index contributed by atoms with van der Waals surface area (Å²) in [4.78, 5) is 11.1. The van der Waals surface area contributed by atoms with Crippen LogP contribution in [-0.4, -0.2) is 34.5 Å². The summed E-state index contributed by atoms with van der Waals surface area (Å²) in [6, 6.07) is 11.6. The van der Waals surface area contributed by atoms with Gasteiger partial charge in [0.2, 0.25) is 0 Å². The number of rotatable bonds is 7. The largest absolute Gasteiger partial charge is 0.508 e. The van der Waals surface area contributed by atoms with Crippen LogP contribution in [0.5, 0.6) is 17.2 Å². The number of aromatic carboxylic acids is 1. The molecule has 0 saturated carbocycles. The Morgan fingerprint density at radius 3 is 2.45 bits per heavy atom. The van der Waals surface area contributed by atoms with Gasteiger partial charge in [0.25, 0.3) is 0 Å². The van der Waals surface area contributed by atoms with Gasteiger partial charge >= 0.3 is 5.97 Å². The van der Waals surface area contributed by atoms with Crippen molar-refractivity contribution in [1.29, 1.82) is 0 Å². The average molecular weight is 304 g/mol. The van der Waals surface area contributed by atoms with Gasteiger partial charge in [0.1, 0.15) is 17.9 Å². The Bertz CT molecular complexity index is 639. The molecule has 0 heterocycles. The lowest BCUT2D eigenvalue weighted by Crippen LogP contribution is -2.09. The van der Waals surface area contributed by atoms with Gasteiger partial charge in [0, 0.05) is 6.07 Å². The predicted octanol–water partition coefficient (Wildman–Crippen LogP) is 2.39. The van der Waals surface area contributed by atoms with Crippen LogP contribution in [-0.2, 0) is 11.3 Å². The van der Waals surface area contributed by atoms with E-state index in [-0.39, 0.29) is 30.3 Å². The highest BCUT2D eigenvalue weighted by Crippen LogP contribution is 2.34. The molecule has 2 rings (SSSR count). The normalized spacial score (nSPS) is 10.4. The molecular formula is C16H16O6. The molecule has 0 aliphatic rings. The predicted molar refractivity (Wildman–Crippen MR) is 78.3 cm³/mol. The van der Waals surface area contributed by atoms with E-state index in [2.05, 4.69) is 0 Å². The highest BCUT2D eigenvalue weighted by Gasteiger charge is 2.17. The second kappa shape index (κ2) is 7.33. The average Bonchev–Trinajstić information content (AvgIpc) is 2.49. The monoisotopic (exact) mass is 304 g/mol. The molecule has 3 N–H and O–H groups in total. The minimum Gasteiger partial charge on any atom is -0.508 e. The van der Waals surface area contributed by atoms with Crippen molar-refractivity contribution < 1.29 is 29.6 Å². The van der Waals surface area contributed by atoms with E-state index in [1.54, 1.807) is 0 Å². The highest BCUT2D eigenvalue weighted by atomic mass is 16.5. The number of aromatic hydroxyl groups is 2. The van der Waals surface area contributed by atoms with Gasteiger partial charge in [-0.2, -0.15) is 0 Å². The minimum absolute atomic E-state index is 0.0749. The molecule has 0 aliphatic carbocycles. The van der Waals surface area contributed by atoms with Gasteiger partial charge in [-0.15, -0.1) is 0 Å². The Morgan fingerprint density at radius 2 is 1.77 bits per heavy atom. The third-order valence-electron chi connectivity index (χ3n) is 2.87. The first kappa shape index (κ1) is 15.7. The number of phenols is 2. The number of hydrogen-bond acceptors (Lipinski definition) is 5. The summed E-state index contributed by atoms with van der Waals surface area (Å²) >= 11 is 0. The summed E-state index contributed by atoms with van der Waals surface area (Å²) in [6.07, 6.45) is 0. The highest BCUT2D eigenvalue weighted by molar-refractivity contribution is 5.92. The Kier molecular flexibility index (Phi) is 5.21. The molecule has 2 aromatic rings. The second-order valence-corrected chi connectivity index (χ2v) is 4.53. The number of carbonyl (C=O) groups is 1. The first-order valence-electron chi connectivity index (χ1n) is 6.61. The van der Waals surface area contributed by atoms with Gasteiger partial charge in [-0.3, -0.25) is 0 Å². The van der Waals surface area contributed by atoms with Crippen molar-refractivity contribution in [2.75, 3.05) is 13.2 Å². The smallest absolute Gasteiger partial charge is 0.339 e. The zero-order chi connectivity index (χ0) is 15.9. The molecular weight excluding hydrogens is 288 g/mol. The van der Waals surface area contributed by atoms with Crippen molar-refractivity contribution in [3.63, 3.8) is 0 Å². The van der Waals surface area contributed by atoms with Gasteiger partial charge in [-0.05, 0) is 11.6 Å². The molecule has 0 bridgehead atoms. The van der Waals surface area contributed by atoms with Crippen LogP contribution in [0.15, 0.2) is 42.5 Å². The third kappa shape index (κ3) is 4.13. The summed E-state index contributed by atoms with van der Waals surface area (Å²) in [5, 5.41) is 28.0. The van der Waals surface area contributed by atoms with Crippen molar-refractivity contribution in [2.24, 2.45) is 0 Å². The second-order valence-electron chi connectivity index (χ2n) is 4.53. The number of carboxylic acid groups (broad SMARTS) is 1. The first-order chi connectivity index (χ1) is 10.6. The zero-order valence-corrected chi connectivity index (χ0v) is 11.7. The van der Waals surface area contributed by atoms with Crippen molar-refractivity contribution in [1.82, 2.24) is 0 Å². The molecule has 0 aliphatic heterocycles. The maximum absolute atomic E-state index is 11.1. The lowest BCUT2D eigenvalue weighted by Gasteiger charge is -2.11. The number of carboxylic acids is 1. The van der Waals surface area contributed by atoms with E-state index in [4.69, 9.17) is 14.6 Å². The molecule has 0 atom stereocenters. The van der Waals surface area contributed by atoms with Crippen LogP contribution >= 0.6 is 0 Å². The molecule has 6 nitrogen and oxygen atoms in total. The lowest BCUT2D eigenvalue weighted by molar-refractivity contribution is 0.0678. The van der Waals surface area contributed by atoms with Crippen LogP contribution in [0.3, 0.4) is 0 Å². The Morgan fingerprint density at radius 1 is 1.05 bits per heavy atom. The summed E-state index contributed by atoms with van der Waals surface area (Å²) < 4.78 is 10.7. The summed E-state index contributed by atoms with van der Waals surface area (Å²) in [5.74, 6) is -2.26. The Hall–Kier alpha value is -2.73. The van der Waals surface area contributed by atoms with Crippen molar-refractivity contribution in [3.05, 3.63) is 53.6 Å². The molecule has 0 spiro atoms. The number of ether oxygens (including phenoxy) is 2. The molecule has 0 unspecified atom stereocenters. The van der Waals surface area contributed by atoms with Crippen LogP contribution < -0.4 is 4.74 Å². The summed E-state index contributed by atoms with van der Waals surface area (Å²) in [6.45, 7) is 0.720. The third-order valence-corrected chi connectivity index (χ3v) is 2.87. The fraction of sp³-hybridized carbons (Fsp3) is 0.188. The summed E-state index contributed by atoms with van der Waals surface area (Å²) in [5.41, 5.74) is 0.710. The molecule has 2 aromatic carbocycles. The first-order valence-corrected chi connectivity index (χ1v) is 6.61. The molecule has 0 aromatic heterocycles. The van der Waals surface area contributed by atoms with E-state index < -0.39 is 11.7 Å². The van der Waals surface area contributed by atoms with Gasteiger partial charge in [-0.1, -0.05) is 30.3 Å². The van der Waals surface area contributed by atoms with Crippen LogP contribution in [0.25, 0.3) is 0 Å². The van der Waals surface area contributed by atoms with E-state index in [1.807, 2.05) is 30.3 Å². The molecule has 0 saturated heterocycles.